The molecule has 0 fully saturated rings. The lowest BCUT2D eigenvalue weighted by atomic mass is 10.0. The minimum atomic E-state index is -0.284. The van der Waals surface area contributed by atoms with E-state index >= 15 is 0 Å². The summed E-state index contributed by atoms with van der Waals surface area (Å²) in [4.78, 5) is 31.4. The number of fused-ring (bicyclic) bond motifs is 1. The molecule has 1 aliphatic rings. The van der Waals surface area contributed by atoms with Gasteiger partial charge in [0.25, 0.3) is 0 Å². The topological polar surface area (TPSA) is 62.3 Å². The zero-order chi connectivity index (χ0) is 16.9. The number of nitrogens with zero attached hydrogens (tertiary/aromatic N) is 2. The maximum atomic E-state index is 12.4. The summed E-state index contributed by atoms with van der Waals surface area (Å²) in [5.74, 6) is -0.337. The summed E-state index contributed by atoms with van der Waals surface area (Å²) >= 11 is 1.74. The van der Waals surface area contributed by atoms with Crippen LogP contribution in [0.5, 0.6) is 0 Å². The van der Waals surface area contributed by atoms with Gasteiger partial charge < -0.3 is 10.2 Å². The lowest BCUT2D eigenvalue weighted by Crippen LogP contribution is -2.43. The van der Waals surface area contributed by atoms with E-state index in [1.54, 1.807) is 35.9 Å². The fourth-order valence-corrected chi connectivity index (χ4v) is 3.78. The number of nitrogens with one attached hydrogen (secondary N) is 1. The molecule has 0 spiro atoms. The SMILES string of the molecule is C[C@H]1c2ccsc2CCN1C(=O)CNC(=O)/C=C\c1cccnc1. The van der Waals surface area contributed by atoms with Crippen LogP contribution in [0.4, 0.5) is 0 Å². The first-order valence-corrected chi connectivity index (χ1v) is 8.75. The smallest absolute Gasteiger partial charge is 0.244 e. The van der Waals surface area contributed by atoms with Crippen LogP contribution in [0.15, 0.2) is 42.0 Å². The fraction of sp³-hybridized carbons (Fsp3) is 0.278. The maximum absolute atomic E-state index is 12.4. The average Bonchev–Trinajstić information content (AvgIpc) is 3.09. The van der Waals surface area contributed by atoms with Crippen molar-refractivity contribution in [3.63, 3.8) is 0 Å². The number of hydrogen-bond donors (Lipinski definition) is 1. The van der Waals surface area contributed by atoms with Gasteiger partial charge >= 0.3 is 0 Å². The van der Waals surface area contributed by atoms with Crippen LogP contribution in [-0.4, -0.2) is 34.8 Å². The van der Waals surface area contributed by atoms with Gasteiger partial charge in [-0.25, -0.2) is 0 Å². The molecule has 3 heterocycles. The van der Waals surface area contributed by atoms with Gasteiger partial charge in [-0.15, -0.1) is 11.3 Å². The molecule has 1 atom stereocenters. The van der Waals surface area contributed by atoms with Crippen LogP contribution in [0.1, 0.15) is 29.0 Å². The summed E-state index contributed by atoms with van der Waals surface area (Å²) in [5, 5.41) is 4.72. The highest BCUT2D eigenvalue weighted by molar-refractivity contribution is 7.10. The Hall–Kier alpha value is -2.47. The van der Waals surface area contributed by atoms with Crippen LogP contribution in [0.2, 0.25) is 0 Å². The zero-order valence-corrected chi connectivity index (χ0v) is 14.3. The second-order valence-electron chi connectivity index (χ2n) is 5.65. The molecular formula is C18H19N3O2S. The molecule has 24 heavy (non-hydrogen) atoms. The number of rotatable bonds is 4. The van der Waals surface area contributed by atoms with E-state index in [1.165, 1.54) is 16.5 Å². The lowest BCUT2D eigenvalue weighted by Gasteiger charge is -2.33. The Bertz CT molecular complexity index is 755. The molecule has 0 saturated heterocycles. The van der Waals surface area contributed by atoms with Gasteiger partial charge in [0.2, 0.25) is 11.8 Å². The molecule has 0 aliphatic carbocycles. The number of aromatic nitrogens is 1. The summed E-state index contributed by atoms with van der Waals surface area (Å²) < 4.78 is 0. The second-order valence-corrected chi connectivity index (χ2v) is 6.65. The molecule has 0 radical (unpaired) electrons. The number of pyridine rings is 1. The summed E-state index contributed by atoms with van der Waals surface area (Å²) in [6.07, 6.45) is 7.32. The summed E-state index contributed by atoms with van der Waals surface area (Å²) in [5.41, 5.74) is 2.07. The van der Waals surface area contributed by atoms with Gasteiger partial charge in [-0.2, -0.15) is 0 Å². The Morgan fingerprint density at radius 1 is 1.46 bits per heavy atom. The van der Waals surface area contributed by atoms with Crippen LogP contribution in [0.3, 0.4) is 0 Å². The van der Waals surface area contributed by atoms with Gasteiger partial charge in [0, 0.05) is 29.9 Å². The van der Waals surface area contributed by atoms with Crippen LogP contribution in [0.25, 0.3) is 6.08 Å². The molecule has 5 nitrogen and oxygen atoms in total. The third kappa shape index (κ3) is 3.71. The van der Waals surface area contributed by atoms with Crippen molar-refractivity contribution in [2.24, 2.45) is 0 Å². The Balaban J connectivity index is 1.52. The van der Waals surface area contributed by atoms with Crippen molar-refractivity contribution >= 4 is 29.2 Å². The van der Waals surface area contributed by atoms with E-state index in [0.717, 1.165) is 12.0 Å². The standard InChI is InChI=1S/C18H19N3O2S/c1-13-15-7-10-24-16(15)6-9-21(13)18(23)12-20-17(22)5-4-14-3-2-8-19-11-14/h2-5,7-8,10-11,13H,6,9,12H2,1H3,(H,20,22)/b5-4-/t13-/m0/s1. The van der Waals surface area contributed by atoms with Crippen molar-refractivity contribution in [1.29, 1.82) is 0 Å². The van der Waals surface area contributed by atoms with Crippen molar-refractivity contribution in [2.45, 2.75) is 19.4 Å². The molecule has 0 aromatic carbocycles. The lowest BCUT2D eigenvalue weighted by molar-refractivity contribution is -0.134. The summed E-state index contributed by atoms with van der Waals surface area (Å²) in [6, 6.07) is 5.81. The van der Waals surface area contributed by atoms with Gasteiger partial charge in [0.1, 0.15) is 0 Å². The van der Waals surface area contributed by atoms with Crippen LogP contribution < -0.4 is 5.32 Å². The number of hydrogen-bond acceptors (Lipinski definition) is 4. The van der Waals surface area contributed by atoms with Crippen molar-refractivity contribution in [3.05, 3.63) is 58.1 Å². The van der Waals surface area contributed by atoms with Gasteiger partial charge in [-0.05, 0) is 48.1 Å². The number of amides is 2. The molecule has 2 amide bonds. The molecule has 3 rings (SSSR count). The molecule has 2 aromatic heterocycles. The summed E-state index contributed by atoms with van der Waals surface area (Å²) in [6.45, 7) is 2.75. The predicted octanol–water partition coefficient (Wildman–Crippen LogP) is 2.42. The Kier molecular flexibility index (Phi) is 5.05. The molecule has 2 aromatic rings. The third-order valence-electron chi connectivity index (χ3n) is 4.12. The van der Waals surface area contributed by atoms with Crippen LogP contribution in [0, 0.1) is 0 Å². The van der Waals surface area contributed by atoms with Crippen LogP contribution in [-0.2, 0) is 16.0 Å². The molecule has 124 valence electrons. The van der Waals surface area contributed by atoms with Gasteiger partial charge in [-0.3, -0.25) is 14.6 Å². The molecule has 0 bridgehead atoms. The molecule has 6 heteroatoms. The monoisotopic (exact) mass is 341 g/mol. The number of carbonyl (C=O) groups excluding carboxylic acids is 2. The van der Waals surface area contributed by atoms with Crippen molar-refractivity contribution in [3.8, 4) is 0 Å². The Morgan fingerprint density at radius 2 is 2.33 bits per heavy atom. The third-order valence-corrected chi connectivity index (χ3v) is 5.12. The van der Waals surface area contributed by atoms with E-state index in [1.807, 2.05) is 17.9 Å². The van der Waals surface area contributed by atoms with E-state index in [9.17, 15) is 9.59 Å². The maximum Gasteiger partial charge on any atom is 0.244 e. The van der Waals surface area contributed by atoms with E-state index in [0.29, 0.717) is 6.54 Å². The predicted molar refractivity (Wildman–Crippen MR) is 94.4 cm³/mol. The molecule has 0 unspecified atom stereocenters. The van der Waals surface area contributed by atoms with Gasteiger partial charge in [-0.1, -0.05) is 6.07 Å². The highest BCUT2D eigenvalue weighted by Crippen LogP contribution is 2.32. The Labute approximate surface area is 145 Å². The normalized spacial score (nSPS) is 16.9. The van der Waals surface area contributed by atoms with Crippen molar-refractivity contribution in [2.75, 3.05) is 13.1 Å². The minimum absolute atomic E-state index is 0.0139. The van der Waals surface area contributed by atoms with E-state index in [4.69, 9.17) is 0 Å². The quantitative estimate of drug-likeness (QED) is 0.869. The van der Waals surface area contributed by atoms with Gasteiger partial charge in [0.05, 0.1) is 12.6 Å². The zero-order valence-electron chi connectivity index (χ0n) is 13.4. The average molecular weight is 341 g/mol. The molecule has 1 N–H and O–H groups in total. The van der Waals surface area contributed by atoms with Crippen molar-refractivity contribution in [1.82, 2.24) is 15.2 Å². The van der Waals surface area contributed by atoms with E-state index < -0.39 is 0 Å². The molecular weight excluding hydrogens is 322 g/mol. The second kappa shape index (κ2) is 7.40. The summed E-state index contributed by atoms with van der Waals surface area (Å²) in [7, 11) is 0. The minimum Gasteiger partial charge on any atom is -0.343 e. The first kappa shape index (κ1) is 16.4. The van der Waals surface area contributed by atoms with E-state index in [2.05, 4.69) is 21.7 Å². The molecule has 1 aliphatic heterocycles. The highest BCUT2D eigenvalue weighted by Gasteiger charge is 2.28. The Morgan fingerprint density at radius 3 is 3.12 bits per heavy atom. The van der Waals surface area contributed by atoms with Crippen molar-refractivity contribution < 1.29 is 9.59 Å². The first-order valence-electron chi connectivity index (χ1n) is 7.87. The first-order chi connectivity index (χ1) is 11.6. The largest absolute Gasteiger partial charge is 0.343 e. The molecule has 0 saturated carbocycles. The highest BCUT2D eigenvalue weighted by atomic mass is 32.1. The number of carbonyl (C=O) groups is 2. The van der Waals surface area contributed by atoms with Crippen LogP contribution >= 0.6 is 11.3 Å². The fourth-order valence-electron chi connectivity index (χ4n) is 2.82. The van der Waals surface area contributed by atoms with E-state index in [-0.39, 0.29) is 24.4 Å². The number of thiophene rings is 1. The van der Waals surface area contributed by atoms with Gasteiger partial charge in [0.15, 0.2) is 0 Å².